The molecule has 2 rings (SSSR count). The summed E-state index contributed by atoms with van der Waals surface area (Å²) in [6, 6.07) is 5.59. The lowest BCUT2D eigenvalue weighted by atomic mass is 10.2. The molecule has 0 aliphatic carbocycles. The first-order valence-corrected chi connectivity index (χ1v) is 7.53. The zero-order chi connectivity index (χ0) is 15.9. The van der Waals surface area contributed by atoms with Crippen LogP contribution in [0.2, 0.25) is 0 Å². The molecule has 6 heteroatoms. The third-order valence-corrected chi connectivity index (χ3v) is 3.66. The average molecular weight is 305 g/mol. The number of carbonyl (C=O) groups excluding carboxylic acids is 2. The molecule has 0 aromatic heterocycles. The molecule has 0 bridgehead atoms. The lowest BCUT2D eigenvalue weighted by molar-refractivity contribution is -0.133. The Bertz CT molecular complexity index is 539. The molecule has 2 amide bonds. The summed E-state index contributed by atoms with van der Waals surface area (Å²) < 4.78 is 5.23. The van der Waals surface area contributed by atoms with Crippen molar-refractivity contribution in [3.63, 3.8) is 0 Å². The van der Waals surface area contributed by atoms with E-state index in [2.05, 4.69) is 10.6 Å². The van der Waals surface area contributed by atoms with Crippen molar-refractivity contribution in [2.75, 3.05) is 38.6 Å². The van der Waals surface area contributed by atoms with Crippen LogP contribution in [0.4, 0.5) is 5.69 Å². The highest BCUT2D eigenvalue weighted by molar-refractivity contribution is 5.94. The third kappa shape index (κ3) is 4.46. The number of carbonyl (C=O) groups is 2. The number of hydrogen-bond donors (Lipinski definition) is 2. The maximum absolute atomic E-state index is 12.0. The third-order valence-electron chi connectivity index (χ3n) is 3.66. The summed E-state index contributed by atoms with van der Waals surface area (Å²) in [5.74, 6) is 0.479. The van der Waals surface area contributed by atoms with Crippen LogP contribution < -0.4 is 15.4 Å². The molecule has 1 heterocycles. The van der Waals surface area contributed by atoms with Gasteiger partial charge in [-0.25, -0.2) is 0 Å². The molecule has 1 fully saturated rings. The van der Waals surface area contributed by atoms with Crippen LogP contribution in [0.25, 0.3) is 0 Å². The van der Waals surface area contributed by atoms with E-state index in [1.165, 1.54) is 0 Å². The highest BCUT2D eigenvalue weighted by Gasteiger charge is 2.17. The van der Waals surface area contributed by atoms with Crippen molar-refractivity contribution in [3.8, 4) is 5.75 Å². The smallest absolute Gasteiger partial charge is 0.224 e. The standard InChI is InChI=1S/C16H23N3O3/c1-12-3-4-14(22-2)13(11-12)18-15(20)5-6-16(21)19-9-7-17-8-10-19/h3-4,11,17H,5-10H2,1-2H3,(H,18,20). The summed E-state index contributed by atoms with van der Waals surface area (Å²) in [6.07, 6.45) is 0.416. The van der Waals surface area contributed by atoms with Gasteiger partial charge in [0.05, 0.1) is 12.8 Å². The first-order chi connectivity index (χ1) is 10.6. The number of piperazine rings is 1. The van der Waals surface area contributed by atoms with Crippen LogP contribution >= 0.6 is 0 Å². The molecule has 6 nitrogen and oxygen atoms in total. The molecule has 0 unspecified atom stereocenters. The van der Waals surface area contributed by atoms with E-state index in [0.717, 1.165) is 18.7 Å². The Kier molecular flexibility index (Phi) is 5.77. The molecular formula is C16H23N3O3. The zero-order valence-electron chi connectivity index (χ0n) is 13.1. The molecule has 1 aliphatic heterocycles. The number of aryl methyl sites for hydroxylation is 1. The van der Waals surface area contributed by atoms with Gasteiger partial charge in [0.25, 0.3) is 0 Å². The highest BCUT2D eigenvalue weighted by Crippen LogP contribution is 2.25. The summed E-state index contributed by atoms with van der Waals surface area (Å²) >= 11 is 0. The molecular weight excluding hydrogens is 282 g/mol. The molecule has 0 radical (unpaired) electrons. The van der Waals surface area contributed by atoms with E-state index in [0.29, 0.717) is 24.5 Å². The van der Waals surface area contributed by atoms with Gasteiger partial charge >= 0.3 is 0 Å². The van der Waals surface area contributed by atoms with Crippen molar-refractivity contribution in [2.24, 2.45) is 0 Å². The lowest BCUT2D eigenvalue weighted by Crippen LogP contribution is -2.46. The van der Waals surface area contributed by atoms with Crippen molar-refractivity contribution >= 4 is 17.5 Å². The van der Waals surface area contributed by atoms with E-state index in [1.54, 1.807) is 12.0 Å². The van der Waals surface area contributed by atoms with E-state index >= 15 is 0 Å². The minimum atomic E-state index is -0.174. The van der Waals surface area contributed by atoms with E-state index in [9.17, 15) is 9.59 Å². The fraction of sp³-hybridized carbons (Fsp3) is 0.500. The minimum absolute atomic E-state index is 0.0351. The predicted molar refractivity (Wildman–Crippen MR) is 85.0 cm³/mol. The second kappa shape index (κ2) is 7.79. The average Bonchev–Trinajstić information content (AvgIpc) is 2.53. The van der Waals surface area contributed by atoms with Crippen molar-refractivity contribution in [1.82, 2.24) is 10.2 Å². The molecule has 1 aliphatic rings. The zero-order valence-corrected chi connectivity index (χ0v) is 13.1. The summed E-state index contributed by atoms with van der Waals surface area (Å²) in [6.45, 7) is 5.01. The van der Waals surface area contributed by atoms with Crippen LogP contribution in [0.5, 0.6) is 5.75 Å². The Morgan fingerprint density at radius 1 is 1.27 bits per heavy atom. The van der Waals surface area contributed by atoms with E-state index in [-0.39, 0.29) is 24.7 Å². The number of anilines is 1. The topological polar surface area (TPSA) is 70.7 Å². The summed E-state index contributed by atoms with van der Waals surface area (Å²) in [5.41, 5.74) is 1.68. The number of rotatable bonds is 5. The summed E-state index contributed by atoms with van der Waals surface area (Å²) in [5, 5.41) is 6.01. The molecule has 0 spiro atoms. The number of ether oxygens (including phenoxy) is 1. The number of methoxy groups -OCH3 is 1. The van der Waals surface area contributed by atoms with Crippen LogP contribution in [0.3, 0.4) is 0 Å². The van der Waals surface area contributed by atoms with E-state index < -0.39 is 0 Å². The van der Waals surface area contributed by atoms with Crippen LogP contribution in [-0.2, 0) is 9.59 Å². The van der Waals surface area contributed by atoms with E-state index in [1.807, 2.05) is 25.1 Å². The molecule has 1 saturated heterocycles. The number of benzene rings is 1. The Morgan fingerprint density at radius 3 is 2.68 bits per heavy atom. The van der Waals surface area contributed by atoms with Gasteiger partial charge in [0.2, 0.25) is 11.8 Å². The Hall–Kier alpha value is -2.08. The number of hydrogen-bond acceptors (Lipinski definition) is 4. The predicted octanol–water partition coefficient (Wildman–Crippen LogP) is 1.15. The molecule has 0 saturated carbocycles. The molecule has 120 valence electrons. The Labute approximate surface area is 130 Å². The normalized spacial score (nSPS) is 14.5. The van der Waals surface area contributed by atoms with Gasteiger partial charge in [0.15, 0.2) is 0 Å². The van der Waals surface area contributed by atoms with Gasteiger partial charge in [-0.15, -0.1) is 0 Å². The Balaban J connectivity index is 1.85. The SMILES string of the molecule is COc1ccc(C)cc1NC(=O)CCC(=O)N1CCNCC1. The largest absolute Gasteiger partial charge is 0.495 e. The maximum Gasteiger partial charge on any atom is 0.224 e. The van der Waals surface area contributed by atoms with Crippen LogP contribution in [0, 0.1) is 6.92 Å². The van der Waals surface area contributed by atoms with Gasteiger partial charge in [0.1, 0.15) is 5.75 Å². The Morgan fingerprint density at radius 2 is 2.00 bits per heavy atom. The van der Waals surface area contributed by atoms with Crippen LogP contribution in [-0.4, -0.2) is 50.0 Å². The number of nitrogens with zero attached hydrogens (tertiary/aromatic N) is 1. The molecule has 0 atom stereocenters. The molecule has 1 aromatic rings. The fourth-order valence-electron chi connectivity index (χ4n) is 2.43. The van der Waals surface area contributed by atoms with Gasteiger partial charge < -0.3 is 20.3 Å². The number of nitrogens with one attached hydrogen (secondary N) is 2. The second-order valence-corrected chi connectivity index (χ2v) is 5.38. The first kappa shape index (κ1) is 16.3. The highest BCUT2D eigenvalue weighted by atomic mass is 16.5. The minimum Gasteiger partial charge on any atom is -0.495 e. The van der Waals surface area contributed by atoms with Crippen molar-refractivity contribution in [1.29, 1.82) is 0 Å². The van der Waals surface area contributed by atoms with Gasteiger partial charge in [-0.1, -0.05) is 6.07 Å². The van der Waals surface area contributed by atoms with Crippen molar-refractivity contribution < 1.29 is 14.3 Å². The maximum atomic E-state index is 12.0. The summed E-state index contributed by atoms with van der Waals surface area (Å²) in [4.78, 5) is 25.9. The van der Waals surface area contributed by atoms with Crippen LogP contribution in [0.1, 0.15) is 18.4 Å². The van der Waals surface area contributed by atoms with Crippen molar-refractivity contribution in [3.05, 3.63) is 23.8 Å². The monoisotopic (exact) mass is 305 g/mol. The first-order valence-electron chi connectivity index (χ1n) is 7.53. The lowest BCUT2D eigenvalue weighted by Gasteiger charge is -2.27. The molecule has 1 aromatic carbocycles. The quantitative estimate of drug-likeness (QED) is 0.856. The van der Waals surface area contributed by atoms with Gasteiger partial charge in [-0.05, 0) is 24.6 Å². The van der Waals surface area contributed by atoms with Crippen molar-refractivity contribution in [2.45, 2.75) is 19.8 Å². The molecule has 2 N–H and O–H groups in total. The van der Waals surface area contributed by atoms with E-state index in [4.69, 9.17) is 4.74 Å². The van der Waals surface area contributed by atoms with Gasteiger partial charge in [-0.3, -0.25) is 9.59 Å². The van der Waals surface area contributed by atoms with Gasteiger partial charge in [-0.2, -0.15) is 0 Å². The van der Waals surface area contributed by atoms with Gasteiger partial charge in [0, 0.05) is 39.0 Å². The summed E-state index contributed by atoms with van der Waals surface area (Å²) in [7, 11) is 1.56. The molecule has 22 heavy (non-hydrogen) atoms. The van der Waals surface area contributed by atoms with Crippen LogP contribution in [0.15, 0.2) is 18.2 Å². The number of amides is 2. The second-order valence-electron chi connectivity index (χ2n) is 5.38. The fourth-order valence-corrected chi connectivity index (χ4v) is 2.43.